The molecular weight excluding hydrogens is 324 g/mol. The molecule has 5 heteroatoms. The lowest BCUT2D eigenvalue weighted by molar-refractivity contribution is 0.0697. The summed E-state index contributed by atoms with van der Waals surface area (Å²) in [6, 6.07) is 10.4. The van der Waals surface area contributed by atoms with Crippen molar-refractivity contribution in [1.82, 2.24) is 0 Å². The monoisotopic (exact) mass is 336 g/mol. The van der Waals surface area contributed by atoms with Gasteiger partial charge in [0.2, 0.25) is 0 Å². The summed E-state index contributed by atoms with van der Waals surface area (Å²) >= 11 is 3.28. The second-order valence-electron chi connectivity index (χ2n) is 4.06. The quantitative estimate of drug-likeness (QED) is 0.921. The molecule has 20 heavy (non-hydrogen) atoms. The average molecular weight is 337 g/mol. The maximum atomic E-state index is 11.4. The fourth-order valence-electron chi connectivity index (χ4n) is 1.95. The van der Waals surface area contributed by atoms with Crippen molar-refractivity contribution in [1.29, 1.82) is 0 Å². The molecule has 4 nitrogen and oxygen atoms in total. The van der Waals surface area contributed by atoms with Crippen LogP contribution in [0.1, 0.15) is 10.4 Å². The third-order valence-corrected chi connectivity index (χ3v) is 3.40. The van der Waals surface area contributed by atoms with E-state index >= 15 is 0 Å². The Bertz CT molecular complexity index is 652. The van der Waals surface area contributed by atoms with Gasteiger partial charge < -0.3 is 14.6 Å². The number of carboxylic acid groups (broad SMARTS) is 1. The van der Waals surface area contributed by atoms with Crippen LogP contribution in [0.2, 0.25) is 0 Å². The number of benzene rings is 2. The molecule has 0 bridgehead atoms. The van der Waals surface area contributed by atoms with Crippen LogP contribution in [0.4, 0.5) is 0 Å². The zero-order valence-electron chi connectivity index (χ0n) is 11.0. The van der Waals surface area contributed by atoms with Crippen molar-refractivity contribution in [3.05, 3.63) is 46.4 Å². The van der Waals surface area contributed by atoms with E-state index in [1.807, 2.05) is 0 Å². The van der Waals surface area contributed by atoms with E-state index in [2.05, 4.69) is 15.9 Å². The summed E-state index contributed by atoms with van der Waals surface area (Å²) in [5.41, 5.74) is 1.52. The van der Waals surface area contributed by atoms with E-state index in [4.69, 9.17) is 9.47 Å². The molecule has 2 aromatic rings. The number of ether oxygens (including phenoxy) is 2. The molecule has 0 saturated heterocycles. The first-order chi connectivity index (χ1) is 9.56. The molecule has 0 heterocycles. The number of aromatic carboxylic acids is 1. The van der Waals surface area contributed by atoms with Crippen LogP contribution in [-0.4, -0.2) is 25.3 Å². The van der Waals surface area contributed by atoms with Crippen molar-refractivity contribution >= 4 is 21.9 Å². The highest BCUT2D eigenvalue weighted by Gasteiger charge is 2.16. The van der Waals surface area contributed by atoms with Gasteiger partial charge in [0, 0.05) is 16.1 Å². The standard InChI is InChI=1S/C15H13BrO4/c1-19-10-4-6-12(14(8-10)20-2)11-5-3-9(16)7-13(11)15(17)18/h3-8H,1-2H3,(H,17,18). The third kappa shape index (κ3) is 2.77. The van der Waals surface area contributed by atoms with Gasteiger partial charge in [-0.25, -0.2) is 4.79 Å². The van der Waals surface area contributed by atoms with E-state index in [0.717, 1.165) is 0 Å². The van der Waals surface area contributed by atoms with Crippen molar-refractivity contribution in [2.45, 2.75) is 0 Å². The van der Waals surface area contributed by atoms with Crippen LogP contribution in [0.5, 0.6) is 11.5 Å². The molecule has 0 amide bonds. The average Bonchev–Trinajstić information content (AvgIpc) is 2.46. The molecule has 0 atom stereocenters. The lowest BCUT2D eigenvalue weighted by Gasteiger charge is -2.12. The van der Waals surface area contributed by atoms with Gasteiger partial charge in [0.05, 0.1) is 19.8 Å². The third-order valence-electron chi connectivity index (χ3n) is 2.91. The van der Waals surface area contributed by atoms with Gasteiger partial charge in [-0.2, -0.15) is 0 Å². The summed E-state index contributed by atoms with van der Waals surface area (Å²) in [4.78, 5) is 11.4. The predicted molar refractivity (Wildman–Crippen MR) is 79.6 cm³/mol. The fourth-order valence-corrected chi connectivity index (χ4v) is 2.31. The number of hydrogen-bond acceptors (Lipinski definition) is 3. The fraction of sp³-hybridized carbons (Fsp3) is 0.133. The highest BCUT2D eigenvalue weighted by atomic mass is 79.9. The number of hydrogen-bond donors (Lipinski definition) is 1. The molecule has 1 N–H and O–H groups in total. The lowest BCUT2D eigenvalue weighted by atomic mass is 9.98. The topological polar surface area (TPSA) is 55.8 Å². The zero-order valence-corrected chi connectivity index (χ0v) is 12.6. The molecule has 0 saturated carbocycles. The van der Waals surface area contributed by atoms with E-state index in [1.165, 1.54) is 7.11 Å². The SMILES string of the molecule is COc1ccc(-c2ccc(Br)cc2C(=O)O)c(OC)c1. The molecule has 0 aliphatic carbocycles. The second-order valence-corrected chi connectivity index (χ2v) is 4.98. The minimum absolute atomic E-state index is 0.211. The van der Waals surface area contributed by atoms with Gasteiger partial charge in [-0.15, -0.1) is 0 Å². The molecule has 2 aromatic carbocycles. The molecule has 0 spiro atoms. The molecule has 0 aromatic heterocycles. The Kier molecular flexibility index (Phi) is 4.29. The molecule has 0 aliphatic rings. The van der Waals surface area contributed by atoms with Crippen molar-refractivity contribution in [3.63, 3.8) is 0 Å². The Morgan fingerprint density at radius 3 is 2.35 bits per heavy atom. The number of methoxy groups -OCH3 is 2. The summed E-state index contributed by atoms with van der Waals surface area (Å²) in [5, 5.41) is 9.33. The lowest BCUT2D eigenvalue weighted by Crippen LogP contribution is -2.00. The van der Waals surface area contributed by atoms with Gasteiger partial charge in [0.15, 0.2) is 0 Å². The number of rotatable bonds is 4. The highest BCUT2D eigenvalue weighted by Crippen LogP contribution is 2.36. The minimum atomic E-state index is -0.987. The van der Waals surface area contributed by atoms with Gasteiger partial charge in [-0.3, -0.25) is 0 Å². The molecule has 104 valence electrons. The molecule has 0 fully saturated rings. The summed E-state index contributed by atoms with van der Waals surface area (Å²) in [7, 11) is 3.11. The van der Waals surface area contributed by atoms with Crippen molar-refractivity contribution < 1.29 is 19.4 Å². The summed E-state index contributed by atoms with van der Waals surface area (Å²) in [5.74, 6) is 0.230. The van der Waals surface area contributed by atoms with E-state index in [0.29, 0.717) is 27.1 Å². The molecule has 2 rings (SSSR count). The van der Waals surface area contributed by atoms with Gasteiger partial charge in [-0.1, -0.05) is 22.0 Å². The molecule has 0 radical (unpaired) electrons. The second kappa shape index (κ2) is 5.96. The van der Waals surface area contributed by atoms with Gasteiger partial charge in [0.1, 0.15) is 11.5 Å². The first kappa shape index (κ1) is 14.4. The Morgan fingerprint density at radius 2 is 1.75 bits per heavy atom. The smallest absolute Gasteiger partial charge is 0.336 e. The van der Waals surface area contributed by atoms with Crippen molar-refractivity contribution in [3.8, 4) is 22.6 Å². The van der Waals surface area contributed by atoms with E-state index in [1.54, 1.807) is 43.5 Å². The van der Waals surface area contributed by atoms with Crippen LogP contribution >= 0.6 is 15.9 Å². The highest BCUT2D eigenvalue weighted by molar-refractivity contribution is 9.10. The largest absolute Gasteiger partial charge is 0.497 e. The van der Waals surface area contributed by atoms with Crippen LogP contribution in [0.3, 0.4) is 0 Å². The summed E-state index contributed by atoms with van der Waals surface area (Å²) in [6.07, 6.45) is 0. The number of halogens is 1. The van der Waals surface area contributed by atoms with Crippen molar-refractivity contribution in [2.24, 2.45) is 0 Å². The minimum Gasteiger partial charge on any atom is -0.497 e. The maximum absolute atomic E-state index is 11.4. The molecule has 0 aliphatic heterocycles. The number of carboxylic acids is 1. The Hall–Kier alpha value is -2.01. The first-order valence-electron chi connectivity index (χ1n) is 5.82. The predicted octanol–water partition coefficient (Wildman–Crippen LogP) is 3.83. The Morgan fingerprint density at radius 1 is 1.05 bits per heavy atom. The maximum Gasteiger partial charge on any atom is 0.336 e. The Labute approximate surface area is 125 Å². The Balaban J connectivity index is 2.65. The van der Waals surface area contributed by atoms with E-state index in [9.17, 15) is 9.90 Å². The normalized spacial score (nSPS) is 10.2. The van der Waals surface area contributed by atoms with E-state index in [-0.39, 0.29) is 5.56 Å². The zero-order chi connectivity index (χ0) is 14.7. The summed E-state index contributed by atoms with van der Waals surface area (Å²) in [6.45, 7) is 0. The van der Waals surface area contributed by atoms with E-state index < -0.39 is 5.97 Å². The van der Waals surface area contributed by atoms with Gasteiger partial charge in [-0.05, 0) is 29.8 Å². The molecule has 0 unspecified atom stereocenters. The van der Waals surface area contributed by atoms with Crippen LogP contribution < -0.4 is 9.47 Å². The first-order valence-corrected chi connectivity index (χ1v) is 6.61. The summed E-state index contributed by atoms with van der Waals surface area (Å²) < 4.78 is 11.2. The van der Waals surface area contributed by atoms with Gasteiger partial charge >= 0.3 is 5.97 Å². The van der Waals surface area contributed by atoms with Crippen LogP contribution in [0.25, 0.3) is 11.1 Å². The van der Waals surface area contributed by atoms with Crippen LogP contribution in [0, 0.1) is 0 Å². The van der Waals surface area contributed by atoms with Crippen LogP contribution in [0.15, 0.2) is 40.9 Å². The van der Waals surface area contributed by atoms with Crippen LogP contribution in [-0.2, 0) is 0 Å². The number of carbonyl (C=O) groups is 1. The molecular formula is C15H13BrO4. The van der Waals surface area contributed by atoms with Crippen molar-refractivity contribution in [2.75, 3.05) is 14.2 Å². The van der Waals surface area contributed by atoms with Gasteiger partial charge in [0.25, 0.3) is 0 Å².